The zero-order chi connectivity index (χ0) is 12.3. The second kappa shape index (κ2) is 5.25. The topological polar surface area (TPSA) is 58.2 Å². The van der Waals surface area contributed by atoms with E-state index in [4.69, 9.17) is 11.6 Å². The zero-order valence-corrected chi connectivity index (χ0v) is 10.9. The third-order valence-corrected chi connectivity index (χ3v) is 4.93. The van der Waals surface area contributed by atoms with Crippen LogP contribution in [0.3, 0.4) is 0 Å². The molecule has 1 aliphatic rings. The molecule has 1 saturated heterocycles. The van der Waals surface area contributed by atoms with Gasteiger partial charge in [-0.15, -0.1) is 0 Å². The van der Waals surface area contributed by atoms with Crippen molar-refractivity contribution < 1.29 is 8.42 Å². The van der Waals surface area contributed by atoms with Crippen molar-refractivity contribution >= 4 is 27.3 Å². The van der Waals surface area contributed by atoms with Gasteiger partial charge in [-0.25, -0.2) is 8.42 Å². The van der Waals surface area contributed by atoms with Crippen LogP contribution < -0.4 is 10.0 Å². The lowest BCUT2D eigenvalue weighted by Crippen LogP contribution is -2.41. The van der Waals surface area contributed by atoms with Crippen molar-refractivity contribution in [3.05, 3.63) is 29.3 Å². The van der Waals surface area contributed by atoms with Crippen LogP contribution in [-0.4, -0.2) is 26.8 Å². The molecule has 2 rings (SSSR count). The van der Waals surface area contributed by atoms with E-state index < -0.39 is 10.0 Å². The predicted octanol–water partition coefficient (Wildman–Crippen LogP) is 1.83. The summed E-state index contributed by atoms with van der Waals surface area (Å²) in [5.41, 5.74) is 0.444. The van der Waals surface area contributed by atoms with E-state index in [9.17, 15) is 8.42 Å². The van der Waals surface area contributed by atoms with Crippen LogP contribution >= 0.6 is 11.6 Å². The minimum atomic E-state index is -3.36. The first-order valence-corrected chi connectivity index (χ1v) is 7.49. The van der Waals surface area contributed by atoms with Gasteiger partial charge < -0.3 is 5.32 Å². The second-order valence-corrected chi connectivity index (χ2v) is 6.46. The number of halogens is 1. The SMILES string of the molecule is O=S(=O)(Nc1ccccc1Cl)C1CCCNC1. The van der Waals surface area contributed by atoms with Crippen LogP contribution in [0, 0.1) is 0 Å². The molecule has 1 heterocycles. The summed E-state index contributed by atoms with van der Waals surface area (Å²) >= 11 is 5.93. The number of rotatable bonds is 3. The second-order valence-electron chi connectivity index (χ2n) is 4.10. The molecule has 0 aliphatic carbocycles. The summed E-state index contributed by atoms with van der Waals surface area (Å²) in [6.45, 7) is 1.39. The number of benzene rings is 1. The van der Waals surface area contributed by atoms with Crippen molar-refractivity contribution in [3.63, 3.8) is 0 Å². The van der Waals surface area contributed by atoms with Crippen LogP contribution in [0.25, 0.3) is 0 Å². The molecule has 0 bridgehead atoms. The Labute approximate surface area is 106 Å². The van der Waals surface area contributed by atoms with Crippen LogP contribution in [0.4, 0.5) is 5.69 Å². The number of nitrogens with one attached hydrogen (secondary N) is 2. The van der Waals surface area contributed by atoms with E-state index in [1.807, 2.05) is 0 Å². The molecular weight excluding hydrogens is 260 g/mol. The van der Waals surface area contributed by atoms with Crippen molar-refractivity contribution in [2.75, 3.05) is 17.8 Å². The average Bonchev–Trinajstić information content (AvgIpc) is 2.33. The Morgan fingerprint density at radius 3 is 2.76 bits per heavy atom. The molecule has 0 aromatic heterocycles. The quantitative estimate of drug-likeness (QED) is 0.884. The molecule has 1 fully saturated rings. The maximum atomic E-state index is 12.1. The number of hydrogen-bond acceptors (Lipinski definition) is 3. The first-order valence-electron chi connectivity index (χ1n) is 5.56. The molecule has 1 atom stereocenters. The van der Waals surface area contributed by atoms with E-state index in [-0.39, 0.29) is 5.25 Å². The molecule has 2 N–H and O–H groups in total. The number of para-hydroxylation sites is 1. The lowest BCUT2D eigenvalue weighted by Gasteiger charge is -2.23. The normalized spacial score (nSPS) is 21.1. The summed E-state index contributed by atoms with van der Waals surface area (Å²) in [6, 6.07) is 6.85. The third kappa shape index (κ3) is 3.12. The monoisotopic (exact) mass is 274 g/mol. The summed E-state index contributed by atoms with van der Waals surface area (Å²) in [7, 11) is -3.36. The van der Waals surface area contributed by atoms with Gasteiger partial charge in [0, 0.05) is 6.54 Å². The molecule has 1 aromatic carbocycles. The Balaban J connectivity index is 2.14. The van der Waals surface area contributed by atoms with Gasteiger partial charge in [0.1, 0.15) is 0 Å². The Hall–Kier alpha value is -0.780. The van der Waals surface area contributed by atoms with Crippen molar-refractivity contribution in [2.24, 2.45) is 0 Å². The number of sulfonamides is 1. The fraction of sp³-hybridized carbons (Fsp3) is 0.455. The summed E-state index contributed by atoms with van der Waals surface area (Å²) in [4.78, 5) is 0. The van der Waals surface area contributed by atoms with Gasteiger partial charge in [-0.2, -0.15) is 0 Å². The minimum Gasteiger partial charge on any atom is -0.315 e. The van der Waals surface area contributed by atoms with Gasteiger partial charge in [0.2, 0.25) is 10.0 Å². The van der Waals surface area contributed by atoms with Gasteiger partial charge in [-0.1, -0.05) is 23.7 Å². The Bertz CT molecular complexity index is 484. The first-order chi connectivity index (χ1) is 8.09. The Morgan fingerprint density at radius 2 is 2.12 bits per heavy atom. The summed E-state index contributed by atoms with van der Waals surface area (Å²) in [5, 5.41) is 3.12. The molecule has 0 radical (unpaired) electrons. The van der Waals surface area contributed by atoms with E-state index in [1.54, 1.807) is 24.3 Å². The highest BCUT2D eigenvalue weighted by Gasteiger charge is 2.27. The molecule has 94 valence electrons. The molecule has 1 unspecified atom stereocenters. The molecule has 0 saturated carbocycles. The van der Waals surface area contributed by atoms with Crippen molar-refractivity contribution in [2.45, 2.75) is 18.1 Å². The summed E-state index contributed by atoms with van der Waals surface area (Å²) in [5.74, 6) is 0. The maximum Gasteiger partial charge on any atom is 0.236 e. The zero-order valence-electron chi connectivity index (χ0n) is 9.32. The lowest BCUT2D eigenvalue weighted by atomic mass is 10.2. The van der Waals surface area contributed by atoms with E-state index >= 15 is 0 Å². The minimum absolute atomic E-state index is 0.382. The van der Waals surface area contributed by atoms with Crippen molar-refractivity contribution in [1.82, 2.24) is 5.32 Å². The molecule has 0 spiro atoms. The van der Waals surface area contributed by atoms with Gasteiger partial charge in [0.05, 0.1) is 16.0 Å². The summed E-state index contributed by atoms with van der Waals surface area (Å²) < 4.78 is 26.8. The summed E-state index contributed by atoms with van der Waals surface area (Å²) in [6.07, 6.45) is 1.57. The Kier molecular flexibility index (Phi) is 3.91. The average molecular weight is 275 g/mol. The molecule has 1 aliphatic heterocycles. The highest BCUT2D eigenvalue weighted by molar-refractivity contribution is 7.93. The van der Waals surface area contributed by atoms with Gasteiger partial charge in [-0.3, -0.25) is 4.72 Å². The number of piperidine rings is 1. The molecule has 17 heavy (non-hydrogen) atoms. The standard InChI is InChI=1S/C11H15ClN2O2S/c12-10-5-1-2-6-11(10)14-17(15,16)9-4-3-7-13-8-9/h1-2,5-6,9,13-14H,3-4,7-8H2. The Morgan fingerprint density at radius 1 is 1.35 bits per heavy atom. The molecule has 4 nitrogen and oxygen atoms in total. The van der Waals surface area contributed by atoms with Crippen LogP contribution in [0.1, 0.15) is 12.8 Å². The molecule has 1 aromatic rings. The van der Waals surface area contributed by atoms with Crippen LogP contribution in [0.2, 0.25) is 5.02 Å². The maximum absolute atomic E-state index is 12.1. The lowest BCUT2D eigenvalue weighted by molar-refractivity contribution is 0.499. The van der Waals surface area contributed by atoms with E-state index in [0.717, 1.165) is 13.0 Å². The predicted molar refractivity (Wildman–Crippen MR) is 69.9 cm³/mol. The van der Waals surface area contributed by atoms with Crippen LogP contribution in [0.5, 0.6) is 0 Å². The first kappa shape index (κ1) is 12.7. The van der Waals surface area contributed by atoms with Crippen molar-refractivity contribution in [3.8, 4) is 0 Å². The van der Waals surface area contributed by atoms with Crippen LogP contribution in [-0.2, 0) is 10.0 Å². The van der Waals surface area contributed by atoms with Gasteiger partial charge in [-0.05, 0) is 31.5 Å². The van der Waals surface area contributed by atoms with E-state index in [0.29, 0.717) is 23.7 Å². The fourth-order valence-electron chi connectivity index (χ4n) is 1.87. The fourth-order valence-corrected chi connectivity index (χ4v) is 3.57. The third-order valence-electron chi connectivity index (χ3n) is 2.82. The highest BCUT2D eigenvalue weighted by atomic mass is 35.5. The highest BCUT2D eigenvalue weighted by Crippen LogP contribution is 2.23. The molecule has 6 heteroatoms. The molecule has 0 amide bonds. The van der Waals surface area contributed by atoms with Gasteiger partial charge in [0.15, 0.2) is 0 Å². The smallest absolute Gasteiger partial charge is 0.236 e. The van der Waals surface area contributed by atoms with Crippen LogP contribution in [0.15, 0.2) is 24.3 Å². The van der Waals surface area contributed by atoms with Gasteiger partial charge >= 0.3 is 0 Å². The largest absolute Gasteiger partial charge is 0.315 e. The van der Waals surface area contributed by atoms with E-state index in [2.05, 4.69) is 10.0 Å². The number of anilines is 1. The van der Waals surface area contributed by atoms with Crippen molar-refractivity contribution in [1.29, 1.82) is 0 Å². The van der Waals surface area contributed by atoms with E-state index in [1.165, 1.54) is 0 Å². The molecular formula is C11H15ClN2O2S. The van der Waals surface area contributed by atoms with Gasteiger partial charge in [0.25, 0.3) is 0 Å². The number of hydrogen-bond donors (Lipinski definition) is 2.